The van der Waals surface area contributed by atoms with Gasteiger partial charge in [-0.2, -0.15) is 0 Å². The standard InChI is InChI=1S/C16H25N3O5/c1-3-8-19-9-4-7-16(19,15(23)24)13(21)10(2)17-14(22)11-5-6-12(20)18-11/h10-11H,3-9H2,1-2H3,(H,17,22)(H,18,20)(H,23,24)/t10-,11-,16+/m0/s1. The molecule has 24 heavy (non-hydrogen) atoms. The Morgan fingerprint density at radius 3 is 2.71 bits per heavy atom. The van der Waals surface area contributed by atoms with E-state index in [2.05, 4.69) is 10.6 Å². The van der Waals surface area contributed by atoms with Gasteiger partial charge in [0.2, 0.25) is 11.8 Å². The Hall–Kier alpha value is -1.96. The third kappa shape index (κ3) is 3.28. The maximum absolute atomic E-state index is 12.9. The van der Waals surface area contributed by atoms with Gasteiger partial charge < -0.3 is 15.7 Å². The predicted octanol–water partition coefficient (Wildman–Crippen LogP) is -0.332. The van der Waals surface area contributed by atoms with Gasteiger partial charge in [-0.05, 0) is 45.7 Å². The molecule has 2 heterocycles. The molecule has 0 aromatic heterocycles. The summed E-state index contributed by atoms with van der Waals surface area (Å²) in [6.45, 7) is 4.52. The summed E-state index contributed by atoms with van der Waals surface area (Å²) in [6, 6.07) is -1.58. The largest absolute Gasteiger partial charge is 0.480 e. The first-order valence-electron chi connectivity index (χ1n) is 8.45. The lowest BCUT2D eigenvalue weighted by Crippen LogP contribution is -2.62. The van der Waals surface area contributed by atoms with Crippen LogP contribution in [0.25, 0.3) is 0 Å². The quantitative estimate of drug-likeness (QED) is 0.547. The Kier molecular flexibility index (Phi) is 5.58. The van der Waals surface area contributed by atoms with Gasteiger partial charge >= 0.3 is 5.97 Å². The van der Waals surface area contributed by atoms with E-state index in [1.54, 1.807) is 4.90 Å². The molecule has 134 valence electrons. The highest BCUT2D eigenvalue weighted by Gasteiger charge is 2.54. The van der Waals surface area contributed by atoms with Crippen LogP contribution in [0.3, 0.4) is 0 Å². The number of nitrogens with zero attached hydrogens (tertiary/aromatic N) is 1. The van der Waals surface area contributed by atoms with Gasteiger partial charge in [0.05, 0.1) is 6.04 Å². The number of aliphatic carboxylic acids is 1. The van der Waals surface area contributed by atoms with E-state index in [1.165, 1.54) is 6.92 Å². The zero-order valence-electron chi connectivity index (χ0n) is 14.1. The molecule has 2 saturated heterocycles. The predicted molar refractivity (Wildman–Crippen MR) is 85.2 cm³/mol. The number of hydrogen-bond acceptors (Lipinski definition) is 5. The van der Waals surface area contributed by atoms with E-state index in [9.17, 15) is 24.3 Å². The SMILES string of the molecule is CCCN1CCC[C@]1(C(=O)O)C(=O)[C@H](C)NC(=O)[C@@H]1CCC(=O)N1. The maximum atomic E-state index is 12.9. The molecule has 2 fully saturated rings. The number of amides is 2. The zero-order valence-corrected chi connectivity index (χ0v) is 14.1. The van der Waals surface area contributed by atoms with E-state index in [1.807, 2.05) is 6.92 Å². The molecule has 0 aromatic rings. The highest BCUT2D eigenvalue weighted by atomic mass is 16.4. The number of carboxylic acid groups (broad SMARTS) is 1. The summed E-state index contributed by atoms with van der Waals surface area (Å²) in [5.41, 5.74) is -1.57. The topological polar surface area (TPSA) is 116 Å². The van der Waals surface area contributed by atoms with Crippen molar-refractivity contribution in [3.05, 3.63) is 0 Å². The van der Waals surface area contributed by atoms with E-state index < -0.39 is 35.3 Å². The summed E-state index contributed by atoms with van der Waals surface area (Å²) in [5.74, 6) is -2.30. The van der Waals surface area contributed by atoms with E-state index in [0.717, 1.165) is 6.42 Å². The van der Waals surface area contributed by atoms with Gasteiger partial charge in [-0.15, -0.1) is 0 Å². The summed E-state index contributed by atoms with van der Waals surface area (Å²) in [6.07, 6.45) is 2.30. The first-order chi connectivity index (χ1) is 11.3. The molecule has 3 N–H and O–H groups in total. The molecular weight excluding hydrogens is 314 g/mol. The fourth-order valence-electron chi connectivity index (χ4n) is 3.62. The molecule has 3 atom stereocenters. The summed E-state index contributed by atoms with van der Waals surface area (Å²) in [7, 11) is 0. The van der Waals surface area contributed by atoms with Gasteiger partial charge in [0, 0.05) is 6.42 Å². The van der Waals surface area contributed by atoms with Gasteiger partial charge in [0.15, 0.2) is 11.3 Å². The highest BCUT2D eigenvalue weighted by molar-refractivity contribution is 6.11. The van der Waals surface area contributed by atoms with Crippen molar-refractivity contribution in [2.45, 2.75) is 63.6 Å². The smallest absolute Gasteiger partial charge is 0.332 e. The number of rotatable bonds is 7. The average molecular weight is 339 g/mol. The number of carbonyl (C=O) groups excluding carboxylic acids is 3. The van der Waals surface area contributed by atoms with Crippen molar-refractivity contribution in [1.82, 2.24) is 15.5 Å². The number of carboxylic acids is 1. The zero-order chi connectivity index (χ0) is 17.9. The number of Topliss-reactive ketones (excluding diaryl/α,β-unsaturated/α-hetero) is 1. The number of hydrogen-bond donors (Lipinski definition) is 3. The molecule has 0 saturated carbocycles. The van der Waals surface area contributed by atoms with Gasteiger partial charge in [0.1, 0.15) is 6.04 Å². The molecule has 0 spiro atoms. The lowest BCUT2D eigenvalue weighted by atomic mass is 9.86. The van der Waals surface area contributed by atoms with E-state index in [-0.39, 0.29) is 18.7 Å². The fraction of sp³-hybridized carbons (Fsp3) is 0.750. The molecule has 2 amide bonds. The highest BCUT2D eigenvalue weighted by Crippen LogP contribution is 2.32. The second-order valence-electron chi connectivity index (χ2n) is 6.51. The third-order valence-electron chi connectivity index (χ3n) is 4.83. The summed E-state index contributed by atoms with van der Waals surface area (Å²) in [4.78, 5) is 49.9. The maximum Gasteiger partial charge on any atom is 0.332 e. The molecule has 2 aliphatic heterocycles. The molecule has 0 aromatic carbocycles. The van der Waals surface area contributed by atoms with E-state index in [0.29, 0.717) is 25.9 Å². The van der Waals surface area contributed by atoms with Crippen LogP contribution in [0.2, 0.25) is 0 Å². The molecular formula is C16H25N3O5. The minimum absolute atomic E-state index is 0.193. The van der Waals surface area contributed by atoms with Gasteiger partial charge in [-0.1, -0.05) is 6.92 Å². The Morgan fingerprint density at radius 2 is 2.17 bits per heavy atom. The van der Waals surface area contributed by atoms with Crippen LogP contribution in [0.4, 0.5) is 0 Å². The Bertz CT molecular complexity index is 550. The minimum atomic E-state index is -1.57. The van der Waals surface area contributed by atoms with Crippen LogP contribution in [-0.4, -0.2) is 64.3 Å². The molecule has 0 aliphatic carbocycles. The Labute approximate surface area is 141 Å². The van der Waals surface area contributed by atoms with Crippen LogP contribution in [-0.2, 0) is 19.2 Å². The van der Waals surface area contributed by atoms with Crippen LogP contribution in [0.15, 0.2) is 0 Å². The lowest BCUT2D eigenvalue weighted by molar-refractivity contribution is -0.157. The molecule has 0 bridgehead atoms. The van der Waals surface area contributed by atoms with Crippen molar-refractivity contribution >= 4 is 23.6 Å². The summed E-state index contributed by atoms with van der Waals surface area (Å²) in [5, 5.41) is 14.8. The normalized spacial score (nSPS) is 28.4. The Morgan fingerprint density at radius 1 is 1.46 bits per heavy atom. The van der Waals surface area contributed by atoms with Crippen molar-refractivity contribution in [2.24, 2.45) is 0 Å². The molecule has 8 heteroatoms. The van der Waals surface area contributed by atoms with Crippen LogP contribution < -0.4 is 10.6 Å². The van der Waals surface area contributed by atoms with Gasteiger partial charge in [-0.25, -0.2) is 4.79 Å². The molecule has 0 radical (unpaired) electrons. The van der Waals surface area contributed by atoms with Crippen molar-refractivity contribution in [1.29, 1.82) is 0 Å². The minimum Gasteiger partial charge on any atom is -0.480 e. The van der Waals surface area contributed by atoms with Gasteiger partial charge in [-0.3, -0.25) is 19.3 Å². The van der Waals surface area contributed by atoms with Gasteiger partial charge in [0.25, 0.3) is 0 Å². The molecule has 8 nitrogen and oxygen atoms in total. The van der Waals surface area contributed by atoms with Crippen molar-refractivity contribution < 1.29 is 24.3 Å². The monoisotopic (exact) mass is 339 g/mol. The molecule has 2 aliphatic rings. The van der Waals surface area contributed by atoms with E-state index >= 15 is 0 Å². The van der Waals surface area contributed by atoms with Crippen LogP contribution in [0.5, 0.6) is 0 Å². The number of ketones is 1. The Balaban J connectivity index is 2.10. The second-order valence-corrected chi connectivity index (χ2v) is 6.51. The second kappa shape index (κ2) is 7.29. The van der Waals surface area contributed by atoms with Crippen LogP contribution in [0, 0.1) is 0 Å². The van der Waals surface area contributed by atoms with E-state index in [4.69, 9.17) is 0 Å². The van der Waals surface area contributed by atoms with Crippen molar-refractivity contribution in [3.63, 3.8) is 0 Å². The van der Waals surface area contributed by atoms with Crippen LogP contribution in [0.1, 0.15) is 46.0 Å². The summed E-state index contributed by atoms with van der Waals surface area (Å²) < 4.78 is 0. The van der Waals surface area contributed by atoms with Crippen LogP contribution >= 0.6 is 0 Å². The lowest BCUT2D eigenvalue weighted by Gasteiger charge is -2.35. The first kappa shape index (κ1) is 18.4. The molecule has 2 rings (SSSR count). The first-order valence-corrected chi connectivity index (χ1v) is 8.45. The number of likely N-dealkylation sites (tertiary alicyclic amines) is 1. The molecule has 0 unspecified atom stereocenters. The van der Waals surface area contributed by atoms with Crippen molar-refractivity contribution in [3.8, 4) is 0 Å². The summed E-state index contributed by atoms with van der Waals surface area (Å²) >= 11 is 0. The number of nitrogens with one attached hydrogen (secondary N) is 2. The fourth-order valence-corrected chi connectivity index (χ4v) is 3.62. The average Bonchev–Trinajstić information content (AvgIpc) is 3.14. The number of carbonyl (C=O) groups is 4. The van der Waals surface area contributed by atoms with Crippen molar-refractivity contribution in [2.75, 3.05) is 13.1 Å². The third-order valence-corrected chi connectivity index (χ3v) is 4.83.